The number of carbonyl (C=O) groups excluding carboxylic acids is 5. The molecule has 0 aliphatic rings. The van der Waals surface area contributed by atoms with Crippen LogP contribution in [0.1, 0.15) is 37.8 Å². The Labute approximate surface area is 217 Å². The molecule has 1 aromatic rings. The first-order valence-electron chi connectivity index (χ1n) is 11.4. The summed E-state index contributed by atoms with van der Waals surface area (Å²) in [7, 11) is 0. The lowest BCUT2D eigenvalue weighted by molar-refractivity contribution is -0.142. The number of hydrogen-bond acceptors (Lipinski definition) is 9. The molecule has 0 fully saturated rings. The molecular formula is C21H34N8O7S. The van der Waals surface area contributed by atoms with Crippen molar-refractivity contribution in [3.05, 3.63) is 18.2 Å². The number of aromatic nitrogens is 2. The predicted molar refractivity (Wildman–Crippen MR) is 134 cm³/mol. The molecule has 0 bridgehead atoms. The van der Waals surface area contributed by atoms with Gasteiger partial charge in [0.15, 0.2) is 0 Å². The summed E-state index contributed by atoms with van der Waals surface area (Å²) in [6.45, 7) is 0. The number of hydrogen-bond donors (Lipinski definition) is 8. The highest BCUT2D eigenvalue weighted by molar-refractivity contribution is 7.98. The van der Waals surface area contributed by atoms with Crippen molar-refractivity contribution >= 4 is 47.3 Å². The van der Waals surface area contributed by atoms with Crippen LogP contribution in [0.5, 0.6) is 0 Å². The summed E-state index contributed by atoms with van der Waals surface area (Å²) < 4.78 is 0. The second kappa shape index (κ2) is 16.2. The van der Waals surface area contributed by atoms with Gasteiger partial charge in [0.25, 0.3) is 0 Å². The van der Waals surface area contributed by atoms with Crippen LogP contribution in [0.2, 0.25) is 0 Å². The number of carbonyl (C=O) groups is 6. The topological polar surface area (TPSA) is 265 Å². The lowest BCUT2D eigenvalue weighted by Crippen LogP contribution is -2.57. The van der Waals surface area contributed by atoms with E-state index in [1.807, 2.05) is 6.26 Å². The number of primary amides is 2. The van der Waals surface area contributed by atoms with Crippen molar-refractivity contribution < 1.29 is 33.9 Å². The molecule has 0 saturated heterocycles. The van der Waals surface area contributed by atoms with Crippen LogP contribution in [-0.4, -0.2) is 86.8 Å². The van der Waals surface area contributed by atoms with Gasteiger partial charge in [0.1, 0.15) is 18.1 Å². The summed E-state index contributed by atoms with van der Waals surface area (Å²) in [6, 6.07) is -4.90. The number of carboxylic acids is 1. The lowest BCUT2D eigenvalue weighted by atomic mass is 10.1. The van der Waals surface area contributed by atoms with Gasteiger partial charge < -0.3 is 43.2 Å². The fourth-order valence-corrected chi connectivity index (χ4v) is 3.61. The van der Waals surface area contributed by atoms with E-state index in [-0.39, 0.29) is 32.1 Å². The Balaban J connectivity index is 3.05. The van der Waals surface area contributed by atoms with Crippen molar-refractivity contribution in [3.63, 3.8) is 0 Å². The molecule has 0 radical (unpaired) electrons. The number of imidazole rings is 1. The van der Waals surface area contributed by atoms with E-state index in [0.717, 1.165) is 0 Å². The first kappa shape index (κ1) is 31.4. The Hall–Kier alpha value is -3.66. The first-order valence-corrected chi connectivity index (χ1v) is 12.8. The van der Waals surface area contributed by atoms with Gasteiger partial charge in [0, 0.05) is 31.2 Å². The number of rotatable bonds is 18. The van der Waals surface area contributed by atoms with Gasteiger partial charge in [-0.15, -0.1) is 0 Å². The van der Waals surface area contributed by atoms with Crippen molar-refractivity contribution in [2.75, 3.05) is 12.0 Å². The maximum Gasteiger partial charge on any atom is 0.326 e. The third-order valence-electron chi connectivity index (χ3n) is 5.19. The summed E-state index contributed by atoms with van der Waals surface area (Å²) >= 11 is 1.51. The molecule has 1 rings (SSSR count). The Morgan fingerprint density at radius 3 is 1.97 bits per heavy atom. The second-order valence-electron chi connectivity index (χ2n) is 8.20. The normalized spacial score (nSPS) is 14.0. The quantitative estimate of drug-likeness (QED) is 0.0937. The van der Waals surface area contributed by atoms with Crippen molar-refractivity contribution in [1.29, 1.82) is 0 Å². The minimum atomic E-state index is -1.47. The number of aromatic amines is 1. The number of amides is 5. The fourth-order valence-electron chi connectivity index (χ4n) is 3.12. The van der Waals surface area contributed by atoms with Gasteiger partial charge in [-0.25, -0.2) is 9.78 Å². The minimum absolute atomic E-state index is 0.0205. The standard InChI is InChI=1S/C21H34N8O7S/c1-37-7-6-12(22)18(32)29-15(8-11-9-25-10-26-11)20(34)27-13(2-4-16(23)30)19(33)28-14(21(35)36)3-5-17(24)31/h9-10,12-15H,2-8,22H2,1H3,(H2,23,30)(H2,24,31)(H,25,26)(H,27,34)(H,28,33)(H,29,32)(H,35,36). The molecular weight excluding hydrogens is 508 g/mol. The Morgan fingerprint density at radius 1 is 0.919 bits per heavy atom. The summed E-state index contributed by atoms with van der Waals surface area (Å²) in [5.74, 6) is -4.59. The van der Waals surface area contributed by atoms with Crippen LogP contribution in [0.15, 0.2) is 12.5 Å². The summed E-state index contributed by atoms with van der Waals surface area (Å²) in [4.78, 5) is 79.1. The number of carboxylic acid groups (broad SMARTS) is 1. The number of aliphatic carboxylic acids is 1. The zero-order valence-corrected chi connectivity index (χ0v) is 21.2. The molecule has 11 N–H and O–H groups in total. The van der Waals surface area contributed by atoms with Gasteiger partial charge in [0.2, 0.25) is 29.5 Å². The maximum atomic E-state index is 13.2. The first-order chi connectivity index (χ1) is 17.4. The smallest absolute Gasteiger partial charge is 0.326 e. The molecule has 0 aliphatic carbocycles. The van der Waals surface area contributed by atoms with Gasteiger partial charge in [0.05, 0.1) is 12.4 Å². The van der Waals surface area contributed by atoms with Gasteiger partial charge >= 0.3 is 5.97 Å². The van der Waals surface area contributed by atoms with E-state index in [0.29, 0.717) is 17.9 Å². The predicted octanol–water partition coefficient (Wildman–Crippen LogP) is -2.90. The van der Waals surface area contributed by atoms with E-state index in [1.54, 1.807) is 0 Å². The molecule has 1 aromatic heterocycles. The number of nitrogens with two attached hydrogens (primary N) is 3. The monoisotopic (exact) mass is 542 g/mol. The van der Waals surface area contributed by atoms with Gasteiger partial charge in [-0.05, 0) is 31.3 Å². The van der Waals surface area contributed by atoms with Crippen LogP contribution in [0, 0.1) is 0 Å². The number of nitrogens with zero attached hydrogens (tertiary/aromatic N) is 1. The average molecular weight is 543 g/mol. The summed E-state index contributed by atoms with van der Waals surface area (Å²) in [5.41, 5.74) is 16.6. The number of thioether (sulfide) groups is 1. The van der Waals surface area contributed by atoms with Crippen LogP contribution in [0.3, 0.4) is 0 Å². The average Bonchev–Trinajstić information content (AvgIpc) is 3.34. The van der Waals surface area contributed by atoms with E-state index in [1.165, 1.54) is 24.3 Å². The van der Waals surface area contributed by atoms with Gasteiger partial charge in [-0.3, -0.25) is 24.0 Å². The van der Waals surface area contributed by atoms with Gasteiger partial charge in [-0.2, -0.15) is 11.8 Å². The fraction of sp³-hybridized carbons (Fsp3) is 0.571. The molecule has 37 heavy (non-hydrogen) atoms. The Morgan fingerprint density at radius 2 is 1.46 bits per heavy atom. The Kier molecular flexibility index (Phi) is 13.7. The van der Waals surface area contributed by atoms with Crippen LogP contribution < -0.4 is 33.2 Å². The number of H-pyrrole nitrogens is 1. The van der Waals surface area contributed by atoms with Gasteiger partial charge in [-0.1, -0.05) is 0 Å². The molecule has 5 amide bonds. The molecule has 16 heteroatoms. The number of nitrogens with one attached hydrogen (secondary N) is 4. The second-order valence-corrected chi connectivity index (χ2v) is 9.19. The largest absolute Gasteiger partial charge is 0.480 e. The van der Waals surface area contributed by atoms with Crippen LogP contribution in [0.25, 0.3) is 0 Å². The maximum absolute atomic E-state index is 13.2. The highest BCUT2D eigenvalue weighted by Gasteiger charge is 2.31. The van der Waals surface area contributed by atoms with Crippen molar-refractivity contribution in [2.45, 2.75) is 62.7 Å². The summed E-state index contributed by atoms with van der Waals surface area (Å²) in [6.07, 6.45) is 3.93. The molecule has 1 heterocycles. The molecule has 15 nitrogen and oxygen atoms in total. The summed E-state index contributed by atoms with van der Waals surface area (Å²) in [5, 5.41) is 16.6. The molecule has 0 aromatic carbocycles. The zero-order chi connectivity index (χ0) is 28.0. The molecule has 0 spiro atoms. The molecule has 4 atom stereocenters. The van der Waals surface area contributed by atoms with E-state index in [2.05, 4.69) is 25.9 Å². The van der Waals surface area contributed by atoms with Crippen LogP contribution >= 0.6 is 11.8 Å². The van der Waals surface area contributed by atoms with Crippen LogP contribution in [0.4, 0.5) is 0 Å². The van der Waals surface area contributed by atoms with Crippen LogP contribution in [-0.2, 0) is 35.2 Å². The van der Waals surface area contributed by atoms with E-state index < -0.39 is 59.7 Å². The highest BCUT2D eigenvalue weighted by atomic mass is 32.2. The highest BCUT2D eigenvalue weighted by Crippen LogP contribution is 2.06. The molecule has 0 aliphatic heterocycles. The Bertz CT molecular complexity index is 943. The third-order valence-corrected chi connectivity index (χ3v) is 5.83. The van der Waals surface area contributed by atoms with Crippen molar-refractivity contribution in [3.8, 4) is 0 Å². The SMILES string of the molecule is CSCCC(N)C(=O)NC(Cc1cnc[nH]1)C(=O)NC(CCC(N)=O)C(=O)NC(CCC(N)=O)C(=O)O. The van der Waals surface area contributed by atoms with E-state index >= 15 is 0 Å². The molecule has 0 saturated carbocycles. The molecule has 206 valence electrons. The van der Waals surface area contributed by atoms with E-state index in [9.17, 15) is 33.9 Å². The minimum Gasteiger partial charge on any atom is -0.480 e. The van der Waals surface area contributed by atoms with Crippen molar-refractivity contribution in [2.24, 2.45) is 17.2 Å². The third kappa shape index (κ3) is 12.2. The lowest BCUT2D eigenvalue weighted by Gasteiger charge is -2.25. The zero-order valence-electron chi connectivity index (χ0n) is 20.4. The molecule has 4 unspecified atom stereocenters. The van der Waals surface area contributed by atoms with Crippen molar-refractivity contribution in [1.82, 2.24) is 25.9 Å². The van der Waals surface area contributed by atoms with E-state index in [4.69, 9.17) is 17.2 Å².